The molecule has 0 aromatic carbocycles. The van der Waals surface area contributed by atoms with Crippen molar-refractivity contribution < 1.29 is 9.53 Å². The lowest BCUT2D eigenvalue weighted by atomic mass is 10.1. The first-order valence-electron chi connectivity index (χ1n) is 6.01. The van der Waals surface area contributed by atoms with Crippen molar-refractivity contribution in [2.45, 2.75) is 19.4 Å². The minimum absolute atomic E-state index is 0.0302. The first-order chi connectivity index (χ1) is 9.22. The third-order valence-electron chi connectivity index (χ3n) is 3.00. The van der Waals surface area contributed by atoms with Crippen molar-refractivity contribution in [3.05, 3.63) is 16.8 Å². The summed E-state index contributed by atoms with van der Waals surface area (Å²) in [5.74, 6) is 0.554. The molecule has 19 heavy (non-hydrogen) atoms. The molecule has 2 unspecified atom stereocenters. The highest BCUT2D eigenvalue weighted by atomic mass is 32.1. The number of thiophene rings is 1. The molecule has 100 valence electrons. The third-order valence-corrected chi connectivity index (χ3v) is 4.32. The molecule has 3 heterocycles. The van der Waals surface area contributed by atoms with Gasteiger partial charge in [0.05, 0.1) is 18.6 Å². The van der Waals surface area contributed by atoms with E-state index in [1.807, 2.05) is 23.8 Å². The number of hydrogen-bond acceptors (Lipinski definition) is 6. The summed E-state index contributed by atoms with van der Waals surface area (Å²) in [6, 6.07) is 1.96. The lowest BCUT2D eigenvalue weighted by Gasteiger charge is -2.05. The summed E-state index contributed by atoms with van der Waals surface area (Å²) in [7, 11) is 0. The van der Waals surface area contributed by atoms with Gasteiger partial charge in [-0.1, -0.05) is 0 Å². The molecule has 1 saturated heterocycles. The topological polar surface area (TPSA) is 64.1 Å². The van der Waals surface area contributed by atoms with Crippen LogP contribution >= 0.6 is 22.9 Å². The number of nitrogens with one attached hydrogen (secondary N) is 1. The van der Waals surface area contributed by atoms with Gasteiger partial charge in [-0.3, -0.25) is 4.79 Å². The van der Waals surface area contributed by atoms with Gasteiger partial charge in [-0.15, -0.1) is 0 Å². The Labute approximate surface area is 118 Å². The fraction of sp³-hybridized carbons (Fsp3) is 0.417. The quantitative estimate of drug-likeness (QED) is 0.945. The van der Waals surface area contributed by atoms with Gasteiger partial charge < -0.3 is 10.1 Å². The summed E-state index contributed by atoms with van der Waals surface area (Å²) in [5.41, 5.74) is 0.986. The Bertz CT molecular complexity index is 567. The van der Waals surface area contributed by atoms with E-state index in [0.717, 1.165) is 12.0 Å². The summed E-state index contributed by atoms with van der Waals surface area (Å²) in [5, 5.41) is 7.33. The van der Waals surface area contributed by atoms with Crippen LogP contribution in [-0.4, -0.2) is 28.0 Å². The van der Waals surface area contributed by atoms with Crippen molar-refractivity contribution in [2.24, 2.45) is 5.92 Å². The second kappa shape index (κ2) is 5.36. The van der Waals surface area contributed by atoms with Gasteiger partial charge in [-0.25, -0.2) is 0 Å². The van der Waals surface area contributed by atoms with Gasteiger partial charge in [0, 0.05) is 22.5 Å². The summed E-state index contributed by atoms with van der Waals surface area (Å²) >= 11 is 2.81. The molecule has 5 nitrogen and oxygen atoms in total. The molecular formula is C12H13N3O2S2. The van der Waals surface area contributed by atoms with Gasteiger partial charge in [0.25, 0.3) is 0 Å². The molecule has 2 aromatic rings. The van der Waals surface area contributed by atoms with Crippen LogP contribution in [0.1, 0.15) is 13.3 Å². The fourth-order valence-electron chi connectivity index (χ4n) is 1.99. The maximum atomic E-state index is 12.0. The van der Waals surface area contributed by atoms with E-state index >= 15 is 0 Å². The maximum Gasteiger partial charge on any atom is 0.231 e. The zero-order valence-corrected chi connectivity index (χ0v) is 12.0. The van der Waals surface area contributed by atoms with Crippen LogP contribution in [-0.2, 0) is 9.53 Å². The number of hydrogen-bond donors (Lipinski definition) is 1. The standard InChI is InChI=1S/C12H13N3O2S2/c1-7-4-9(5-17-7)11(16)14-12-13-10(15-19-12)8-2-3-18-6-8/h2-3,6-7,9H,4-5H2,1H3,(H,13,14,15,16). The number of amides is 1. The Morgan fingerprint density at radius 2 is 2.47 bits per heavy atom. The molecule has 0 radical (unpaired) electrons. The van der Waals surface area contributed by atoms with Crippen molar-refractivity contribution in [3.8, 4) is 11.4 Å². The van der Waals surface area contributed by atoms with E-state index in [4.69, 9.17) is 4.74 Å². The van der Waals surface area contributed by atoms with E-state index in [1.165, 1.54) is 11.5 Å². The van der Waals surface area contributed by atoms with Gasteiger partial charge in [-0.05, 0) is 24.8 Å². The molecule has 0 spiro atoms. The van der Waals surface area contributed by atoms with Crippen LogP contribution in [0, 0.1) is 5.92 Å². The lowest BCUT2D eigenvalue weighted by molar-refractivity contribution is -0.119. The molecule has 1 amide bonds. The average molecular weight is 295 g/mol. The Morgan fingerprint density at radius 1 is 1.58 bits per heavy atom. The molecule has 1 aliphatic heterocycles. The van der Waals surface area contributed by atoms with E-state index in [1.54, 1.807) is 11.3 Å². The molecule has 0 aliphatic carbocycles. The van der Waals surface area contributed by atoms with Gasteiger partial charge in [0.15, 0.2) is 5.82 Å². The summed E-state index contributed by atoms with van der Waals surface area (Å²) in [6.45, 7) is 2.47. The van der Waals surface area contributed by atoms with Gasteiger partial charge >= 0.3 is 0 Å². The Morgan fingerprint density at radius 3 is 3.16 bits per heavy atom. The van der Waals surface area contributed by atoms with Crippen molar-refractivity contribution in [3.63, 3.8) is 0 Å². The monoisotopic (exact) mass is 295 g/mol. The van der Waals surface area contributed by atoms with E-state index < -0.39 is 0 Å². The molecule has 1 aliphatic rings. The van der Waals surface area contributed by atoms with E-state index in [-0.39, 0.29) is 17.9 Å². The van der Waals surface area contributed by atoms with Crippen LogP contribution in [0.15, 0.2) is 16.8 Å². The molecule has 0 bridgehead atoms. The zero-order chi connectivity index (χ0) is 13.2. The highest BCUT2D eigenvalue weighted by Crippen LogP contribution is 2.25. The first kappa shape index (κ1) is 12.7. The molecule has 1 N–H and O–H groups in total. The number of nitrogens with zero attached hydrogens (tertiary/aromatic N) is 2. The minimum Gasteiger partial charge on any atom is -0.378 e. The smallest absolute Gasteiger partial charge is 0.231 e. The second-order valence-corrected chi connectivity index (χ2v) is 6.03. The highest BCUT2D eigenvalue weighted by Gasteiger charge is 2.28. The Kier molecular flexibility index (Phi) is 3.58. The predicted molar refractivity (Wildman–Crippen MR) is 75.4 cm³/mol. The third kappa shape index (κ3) is 2.83. The van der Waals surface area contributed by atoms with Crippen LogP contribution < -0.4 is 5.32 Å². The van der Waals surface area contributed by atoms with Crippen molar-refractivity contribution >= 4 is 33.9 Å². The van der Waals surface area contributed by atoms with E-state index in [0.29, 0.717) is 17.6 Å². The van der Waals surface area contributed by atoms with Crippen molar-refractivity contribution in [2.75, 3.05) is 11.9 Å². The van der Waals surface area contributed by atoms with Gasteiger partial charge in [-0.2, -0.15) is 20.7 Å². The first-order valence-corrected chi connectivity index (χ1v) is 7.73. The summed E-state index contributed by atoms with van der Waals surface area (Å²) in [6.07, 6.45) is 0.925. The van der Waals surface area contributed by atoms with Crippen LogP contribution in [0.25, 0.3) is 11.4 Å². The Hall–Kier alpha value is -1.31. The molecule has 2 atom stereocenters. The normalized spacial score (nSPS) is 22.6. The fourth-order valence-corrected chi connectivity index (χ4v) is 3.22. The van der Waals surface area contributed by atoms with Gasteiger partial charge in [0.1, 0.15) is 0 Å². The number of anilines is 1. The number of carbonyl (C=O) groups excluding carboxylic acids is 1. The highest BCUT2D eigenvalue weighted by molar-refractivity contribution is 7.10. The van der Waals surface area contributed by atoms with E-state index in [2.05, 4.69) is 14.7 Å². The molecule has 0 saturated carbocycles. The number of ether oxygens (including phenoxy) is 1. The Balaban J connectivity index is 1.66. The predicted octanol–water partition coefficient (Wildman–Crippen LogP) is 2.63. The molecular weight excluding hydrogens is 282 g/mol. The lowest BCUT2D eigenvalue weighted by Crippen LogP contribution is -2.22. The molecule has 3 rings (SSSR count). The van der Waals surface area contributed by atoms with Gasteiger partial charge in [0.2, 0.25) is 11.0 Å². The van der Waals surface area contributed by atoms with E-state index in [9.17, 15) is 4.79 Å². The minimum atomic E-state index is -0.0801. The molecule has 7 heteroatoms. The average Bonchev–Trinajstić information content (AvgIpc) is 3.07. The molecule has 1 fully saturated rings. The second-order valence-electron chi connectivity index (χ2n) is 4.50. The zero-order valence-electron chi connectivity index (χ0n) is 10.3. The van der Waals surface area contributed by atoms with Crippen LogP contribution in [0.2, 0.25) is 0 Å². The van der Waals surface area contributed by atoms with Crippen LogP contribution in [0.3, 0.4) is 0 Å². The largest absolute Gasteiger partial charge is 0.378 e. The number of rotatable bonds is 3. The summed E-state index contributed by atoms with van der Waals surface area (Å²) in [4.78, 5) is 16.3. The van der Waals surface area contributed by atoms with Crippen molar-refractivity contribution in [1.82, 2.24) is 9.36 Å². The number of aromatic nitrogens is 2. The SMILES string of the molecule is CC1CC(C(=O)Nc2nc(-c3ccsc3)ns2)CO1. The van der Waals surface area contributed by atoms with Crippen LogP contribution in [0.5, 0.6) is 0 Å². The maximum absolute atomic E-state index is 12.0. The molecule has 2 aromatic heterocycles. The van der Waals surface area contributed by atoms with Crippen LogP contribution in [0.4, 0.5) is 5.13 Å². The number of carbonyl (C=O) groups is 1. The summed E-state index contributed by atoms with van der Waals surface area (Å²) < 4.78 is 9.64. The van der Waals surface area contributed by atoms with Crippen molar-refractivity contribution in [1.29, 1.82) is 0 Å².